The number of benzene rings is 3. The van der Waals surface area contributed by atoms with Crippen molar-refractivity contribution in [3.05, 3.63) is 88.6 Å². The van der Waals surface area contributed by atoms with E-state index < -0.39 is 0 Å². The summed E-state index contributed by atoms with van der Waals surface area (Å²) in [5.41, 5.74) is 4.75. The summed E-state index contributed by atoms with van der Waals surface area (Å²) in [6, 6.07) is 18.9. The summed E-state index contributed by atoms with van der Waals surface area (Å²) < 4.78 is 16.8. The van der Waals surface area contributed by atoms with Gasteiger partial charge in [0.2, 0.25) is 24.2 Å². The molecule has 184 valence electrons. The van der Waals surface area contributed by atoms with Crippen LogP contribution in [0.2, 0.25) is 0 Å². The summed E-state index contributed by atoms with van der Waals surface area (Å²) in [5, 5.41) is 2.91. The fourth-order valence-corrected chi connectivity index (χ4v) is 4.52. The third-order valence-electron chi connectivity index (χ3n) is 6.50. The lowest BCUT2D eigenvalue weighted by atomic mass is 10.0. The van der Waals surface area contributed by atoms with E-state index in [9.17, 15) is 9.59 Å². The van der Waals surface area contributed by atoms with Gasteiger partial charge in [0, 0.05) is 36.8 Å². The lowest BCUT2D eigenvalue weighted by molar-refractivity contribution is -0.116. The van der Waals surface area contributed by atoms with Crippen LogP contribution in [0.4, 0.5) is 5.69 Å². The van der Waals surface area contributed by atoms with Crippen molar-refractivity contribution in [3.8, 4) is 17.2 Å². The number of nitrogens with zero attached hydrogens (tertiary/aromatic N) is 1. The minimum atomic E-state index is -0.105. The number of anilines is 1. The number of Topliss-reactive ketones (excluding diaryl/α,β-unsaturated/α-hetero) is 1. The van der Waals surface area contributed by atoms with Gasteiger partial charge in [0.05, 0.1) is 12.8 Å². The van der Waals surface area contributed by atoms with Crippen LogP contribution in [0, 0.1) is 0 Å². The zero-order valence-electron chi connectivity index (χ0n) is 20.4. The van der Waals surface area contributed by atoms with Gasteiger partial charge in [0.15, 0.2) is 11.5 Å². The highest BCUT2D eigenvalue weighted by Crippen LogP contribution is 2.46. The molecule has 0 radical (unpaired) electrons. The molecule has 0 aromatic heterocycles. The van der Waals surface area contributed by atoms with Gasteiger partial charge in [-0.2, -0.15) is 0 Å². The molecular weight excluding hydrogens is 456 g/mol. The van der Waals surface area contributed by atoms with Gasteiger partial charge in [0.25, 0.3) is 0 Å². The van der Waals surface area contributed by atoms with Gasteiger partial charge < -0.3 is 24.4 Å². The first kappa shape index (κ1) is 23.5. The predicted octanol–water partition coefficient (Wildman–Crippen LogP) is 4.71. The van der Waals surface area contributed by atoms with E-state index in [4.69, 9.17) is 14.2 Å². The molecule has 5 rings (SSSR count). The van der Waals surface area contributed by atoms with Crippen LogP contribution in [-0.2, 0) is 17.6 Å². The number of carbonyl (C=O) groups excluding carboxylic acids is 2. The van der Waals surface area contributed by atoms with Crippen molar-refractivity contribution in [1.82, 2.24) is 4.90 Å². The van der Waals surface area contributed by atoms with Crippen LogP contribution in [0.25, 0.3) is 6.08 Å². The Morgan fingerprint density at radius 1 is 1.06 bits per heavy atom. The summed E-state index contributed by atoms with van der Waals surface area (Å²) in [6.45, 7) is 0.821. The molecule has 2 heterocycles. The van der Waals surface area contributed by atoms with Gasteiger partial charge in [0.1, 0.15) is 0 Å². The van der Waals surface area contributed by atoms with Gasteiger partial charge in [-0.1, -0.05) is 30.3 Å². The highest BCUT2D eigenvalue weighted by molar-refractivity contribution is 6.11. The van der Waals surface area contributed by atoms with Crippen molar-refractivity contribution in [3.63, 3.8) is 0 Å². The topological polar surface area (TPSA) is 77.1 Å². The number of rotatable bonds is 7. The number of ether oxygens (including phenoxy) is 3. The van der Waals surface area contributed by atoms with E-state index in [2.05, 4.69) is 5.32 Å². The molecule has 3 aromatic rings. The molecule has 0 saturated carbocycles. The minimum Gasteiger partial charge on any atom is -0.492 e. The van der Waals surface area contributed by atoms with Gasteiger partial charge in [-0.05, 0) is 60.4 Å². The number of hydrogen-bond donors (Lipinski definition) is 1. The highest BCUT2D eigenvalue weighted by Gasteiger charge is 2.28. The van der Waals surface area contributed by atoms with Crippen LogP contribution in [0.3, 0.4) is 0 Å². The largest absolute Gasteiger partial charge is 0.492 e. The Morgan fingerprint density at radius 3 is 2.58 bits per heavy atom. The molecule has 0 fully saturated rings. The molecule has 1 N–H and O–H groups in total. The van der Waals surface area contributed by atoms with E-state index >= 15 is 0 Å². The fraction of sp³-hybridized carbons (Fsp3) is 0.241. The third-order valence-corrected chi connectivity index (χ3v) is 6.50. The zero-order chi connectivity index (χ0) is 25.1. The number of likely N-dealkylation sites (N-methyl/N-ethyl adjacent to an activating group) is 1. The number of ketones is 1. The second-order valence-electron chi connectivity index (χ2n) is 8.86. The van der Waals surface area contributed by atoms with Gasteiger partial charge in [-0.3, -0.25) is 9.59 Å². The minimum absolute atomic E-state index is 0.0634. The van der Waals surface area contributed by atoms with Crippen molar-refractivity contribution in [2.75, 3.05) is 32.8 Å². The molecule has 36 heavy (non-hydrogen) atoms. The van der Waals surface area contributed by atoms with Crippen molar-refractivity contribution in [2.45, 2.75) is 19.3 Å². The molecule has 7 nitrogen and oxygen atoms in total. The number of aryl methyl sites for hydroxylation is 1. The Kier molecular flexibility index (Phi) is 6.62. The summed E-state index contributed by atoms with van der Waals surface area (Å²) in [7, 11) is 3.50. The molecule has 0 atom stereocenters. The molecule has 2 aliphatic rings. The van der Waals surface area contributed by atoms with E-state index in [-0.39, 0.29) is 18.5 Å². The number of amides is 1. The van der Waals surface area contributed by atoms with E-state index in [1.807, 2.05) is 54.4 Å². The molecule has 7 heteroatoms. The maximum absolute atomic E-state index is 13.5. The summed E-state index contributed by atoms with van der Waals surface area (Å²) >= 11 is 0. The van der Waals surface area contributed by atoms with E-state index in [0.717, 1.165) is 23.1 Å². The molecule has 0 aliphatic carbocycles. The van der Waals surface area contributed by atoms with E-state index in [1.165, 1.54) is 0 Å². The van der Waals surface area contributed by atoms with Crippen LogP contribution in [0.15, 0.2) is 66.4 Å². The highest BCUT2D eigenvalue weighted by atomic mass is 16.7. The lowest BCUT2D eigenvalue weighted by Gasteiger charge is -2.20. The van der Waals surface area contributed by atoms with Crippen molar-refractivity contribution >= 4 is 23.5 Å². The summed E-state index contributed by atoms with van der Waals surface area (Å²) in [4.78, 5) is 27.8. The Bertz CT molecular complexity index is 1320. The number of fused-ring (bicyclic) bond motifs is 2. The van der Waals surface area contributed by atoms with Crippen molar-refractivity contribution < 1.29 is 23.8 Å². The Morgan fingerprint density at radius 2 is 1.83 bits per heavy atom. The Labute approximate surface area is 210 Å². The van der Waals surface area contributed by atoms with Crippen LogP contribution < -0.4 is 19.5 Å². The van der Waals surface area contributed by atoms with Gasteiger partial charge in [-0.15, -0.1) is 0 Å². The second kappa shape index (κ2) is 10.2. The molecule has 0 saturated heterocycles. The van der Waals surface area contributed by atoms with E-state index in [1.54, 1.807) is 31.4 Å². The smallest absolute Gasteiger partial charge is 0.231 e. The van der Waals surface area contributed by atoms with Crippen molar-refractivity contribution in [1.29, 1.82) is 0 Å². The van der Waals surface area contributed by atoms with Crippen LogP contribution >= 0.6 is 0 Å². The van der Waals surface area contributed by atoms with Crippen LogP contribution in [0.1, 0.15) is 33.5 Å². The molecule has 1 amide bonds. The molecular formula is C29H28N2O5. The van der Waals surface area contributed by atoms with Crippen molar-refractivity contribution in [2.24, 2.45) is 0 Å². The maximum atomic E-state index is 13.5. The Hall–Kier alpha value is -4.26. The average Bonchev–Trinajstić information content (AvgIpc) is 3.31. The van der Waals surface area contributed by atoms with Crippen LogP contribution in [-0.4, -0.2) is 44.1 Å². The Balaban J connectivity index is 1.32. The first-order chi connectivity index (χ1) is 17.5. The van der Waals surface area contributed by atoms with E-state index in [0.29, 0.717) is 53.6 Å². The SMILES string of the molecule is COc1c2c(cc3c1OCO3)CCN(C)C(C(=O)c1ccc(NC(=O)CCc3ccccc3)cc1)=C2. The monoisotopic (exact) mass is 484 g/mol. The van der Waals surface area contributed by atoms with Gasteiger partial charge >= 0.3 is 0 Å². The van der Waals surface area contributed by atoms with Gasteiger partial charge in [-0.25, -0.2) is 0 Å². The summed E-state index contributed by atoms with van der Waals surface area (Å²) in [5.74, 6) is 1.64. The number of nitrogens with one attached hydrogen (secondary N) is 1. The molecule has 3 aromatic carbocycles. The van der Waals surface area contributed by atoms with Crippen LogP contribution in [0.5, 0.6) is 17.2 Å². The molecule has 2 aliphatic heterocycles. The molecule has 0 unspecified atom stereocenters. The zero-order valence-corrected chi connectivity index (χ0v) is 20.4. The molecule has 0 bridgehead atoms. The number of hydrogen-bond acceptors (Lipinski definition) is 6. The number of carbonyl (C=O) groups is 2. The normalized spacial score (nSPS) is 13.9. The predicted molar refractivity (Wildman–Crippen MR) is 138 cm³/mol. The molecule has 0 spiro atoms. The first-order valence-electron chi connectivity index (χ1n) is 11.9. The number of methoxy groups -OCH3 is 1. The second-order valence-corrected chi connectivity index (χ2v) is 8.86. The maximum Gasteiger partial charge on any atom is 0.231 e. The quantitative estimate of drug-likeness (QED) is 0.490. The standard InChI is InChI=1S/C29H28N2O5/c1-31-15-14-21-16-25-29(36-18-35-25)28(34-2)23(21)17-24(31)27(33)20-9-11-22(12-10-20)30-26(32)13-8-19-6-4-3-5-7-19/h3-7,9-12,16-17H,8,13-15,18H2,1-2H3,(H,30,32). The lowest BCUT2D eigenvalue weighted by Crippen LogP contribution is -2.24. The first-order valence-corrected chi connectivity index (χ1v) is 11.9. The summed E-state index contributed by atoms with van der Waals surface area (Å²) in [6.07, 6.45) is 3.67. The number of allylic oxidation sites excluding steroid dienone is 1. The third kappa shape index (κ3) is 4.77. The average molecular weight is 485 g/mol. The fourth-order valence-electron chi connectivity index (χ4n) is 4.52.